The van der Waals surface area contributed by atoms with Gasteiger partial charge in [-0.15, -0.1) is 9.73 Å². The molecule has 8 nitrogen and oxygen atoms in total. The van der Waals surface area contributed by atoms with Crippen LogP contribution in [0.25, 0.3) is 17.4 Å². The van der Waals surface area contributed by atoms with E-state index < -0.39 is 22.9 Å². The van der Waals surface area contributed by atoms with E-state index in [0.717, 1.165) is 34.7 Å². The number of rotatable bonds is 5. The molecule has 0 bridgehead atoms. The molecule has 0 unspecified atom stereocenters. The number of H-pyrrole nitrogens is 1. The van der Waals surface area contributed by atoms with Gasteiger partial charge in [0.2, 0.25) is 0 Å². The average Bonchev–Trinajstić information content (AvgIpc) is 3.16. The first-order valence-corrected chi connectivity index (χ1v) is 9.74. The molecule has 0 saturated carbocycles. The quantitative estimate of drug-likeness (QED) is 0.474. The van der Waals surface area contributed by atoms with Gasteiger partial charge in [-0.05, 0) is 17.7 Å². The van der Waals surface area contributed by atoms with Gasteiger partial charge in [0.25, 0.3) is 11.1 Å². The van der Waals surface area contributed by atoms with Gasteiger partial charge in [0.15, 0.2) is 16.5 Å². The summed E-state index contributed by atoms with van der Waals surface area (Å²) in [5, 5.41) is 8.60. The molecule has 0 spiro atoms. The fourth-order valence-corrected chi connectivity index (χ4v) is 3.72. The Bertz CT molecular complexity index is 1370. The van der Waals surface area contributed by atoms with Crippen molar-refractivity contribution in [2.24, 2.45) is 0 Å². The number of nitrogens with one attached hydrogen (secondary N) is 1. The van der Waals surface area contributed by atoms with Crippen LogP contribution in [0.3, 0.4) is 0 Å². The predicted octanol–water partition coefficient (Wildman–Crippen LogP) is 2.92. The Hall–Kier alpha value is -3.67. The number of alkyl halides is 3. The number of aromatic nitrogens is 6. The second-order valence-corrected chi connectivity index (χ2v) is 7.26. The lowest BCUT2D eigenvalue weighted by atomic mass is 10.1. The number of fused-ring (bicyclic) bond motifs is 1. The van der Waals surface area contributed by atoms with Gasteiger partial charge in [-0.2, -0.15) is 18.3 Å². The Balaban J connectivity index is 1.76. The van der Waals surface area contributed by atoms with E-state index in [-0.39, 0.29) is 22.2 Å². The molecule has 0 aliphatic rings. The van der Waals surface area contributed by atoms with Crippen LogP contribution in [0.4, 0.5) is 13.2 Å². The molecule has 4 rings (SSSR count). The van der Waals surface area contributed by atoms with E-state index in [1.165, 1.54) is 35.2 Å². The fourth-order valence-electron chi connectivity index (χ4n) is 2.79. The predicted molar refractivity (Wildman–Crippen MR) is 108 cm³/mol. The van der Waals surface area contributed by atoms with Gasteiger partial charge in [-0.25, -0.2) is 9.55 Å². The molecule has 31 heavy (non-hydrogen) atoms. The van der Waals surface area contributed by atoms with Crippen molar-refractivity contribution in [3.63, 3.8) is 0 Å². The summed E-state index contributed by atoms with van der Waals surface area (Å²) < 4.78 is 40.7. The van der Waals surface area contributed by atoms with Crippen molar-refractivity contribution in [1.82, 2.24) is 29.4 Å². The second kappa shape index (κ2) is 7.87. The minimum atomic E-state index is -4.42. The third kappa shape index (κ3) is 4.01. The van der Waals surface area contributed by atoms with E-state index in [0.29, 0.717) is 11.1 Å². The number of hydrogen-bond acceptors (Lipinski definition) is 6. The van der Waals surface area contributed by atoms with Crippen LogP contribution in [0.1, 0.15) is 16.7 Å². The zero-order chi connectivity index (χ0) is 22.2. The molecule has 1 aromatic carbocycles. The van der Waals surface area contributed by atoms with Crippen LogP contribution in [0.2, 0.25) is 0 Å². The van der Waals surface area contributed by atoms with Crippen molar-refractivity contribution in [2.75, 3.05) is 0 Å². The number of aromatic amines is 1. The SMILES string of the molecule is C=Cc1cnn2nc(SCc3ccc(C(F)(F)F)cc3)n(-c3c[nH]c(=O)cn3)c(=O)c12. The topological polar surface area (TPSA) is 97.9 Å². The van der Waals surface area contributed by atoms with E-state index in [2.05, 4.69) is 26.7 Å². The standard InChI is InChI=1S/C19H13F3N6O2S/c1-2-12-7-25-28-16(12)17(30)27(14-8-24-15(29)9-23-14)18(26-28)31-10-11-3-5-13(6-4-11)19(20,21)22/h2-9H,1,10H2,(H,24,29). The maximum atomic E-state index is 13.2. The van der Waals surface area contributed by atoms with Gasteiger partial charge in [0, 0.05) is 17.5 Å². The summed E-state index contributed by atoms with van der Waals surface area (Å²) in [5.74, 6) is 0.361. The van der Waals surface area contributed by atoms with E-state index in [1.807, 2.05) is 0 Å². The molecule has 158 valence electrons. The van der Waals surface area contributed by atoms with Crippen LogP contribution in [-0.4, -0.2) is 29.4 Å². The highest BCUT2D eigenvalue weighted by Crippen LogP contribution is 2.30. The van der Waals surface area contributed by atoms with Crippen LogP contribution in [-0.2, 0) is 11.9 Å². The van der Waals surface area contributed by atoms with Crippen LogP contribution in [0.5, 0.6) is 0 Å². The van der Waals surface area contributed by atoms with Crippen molar-refractivity contribution in [3.05, 3.63) is 86.8 Å². The summed E-state index contributed by atoms with van der Waals surface area (Å²) in [6.07, 6.45) is 0.781. The summed E-state index contributed by atoms with van der Waals surface area (Å²) >= 11 is 1.11. The molecular weight excluding hydrogens is 433 g/mol. The summed E-state index contributed by atoms with van der Waals surface area (Å²) in [6.45, 7) is 3.65. The number of nitrogens with zero attached hydrogens (tertiary/aromatic N) is 5. The van der Waals surface area contributed by atoms with Gasteiger partial charge >= 0.3 is 6.18 Å². The lowest BCUT2D eigenvalue weighted by Crippen LogP contribution is -2.26. The lowest BCUT2D eigenvalue weighted by molar-refractivity contribution is -0.137. The molecule has 0 aliphatic carbocycles. The molecular formula is C19H13F3N6O2S. The monoisotopic (exact) mass is 446 g/mol. The number of benzene rings is 1. The maximum Gasteiger partial charge on any atom is 0.416 e. The van der Waals surface area contributed by atoms with Gasteiger partial charge < -0.3 is 4.98 Å². The Morgan fingerprint density at radius 3 is 2.52 bits per heavy atom. The fraction of sp³-hybridized carbons (Fsp3) is 0.105. The minimum absolute atomic E-state index is 0.130. The third-order valence-corrected chi connectivity index (χ3v) is 5.31. The molecule has 3 aromatic heterocycles. The van der Waals surface area contributed by atoms with E-state index in [9.17, 15) is 22.8 Å². The van der Waals surface area contributed by atoms with Crippen LogP contribution in [0, 0.1) is 0 Å². The maximum absolute atomic E-state index is 13.2. The molecule has 0 radical (unpaired) electrons. The Morgan fingerprint density at radius 2 is 1.90 bits per heavy atom. The summed E-state index contributed by atoms with van der Waals surface area (Å²) in [6, 6.07) is 4.71. The highest BCUT2D eigenvalue weighted by molar-refractivity contribution is 7.98. The summed E-state index contributed by atoms with van der Waals surface area (Å²) in [5.41, 5.74) is -0.446. The van der Waals surface area contributed by atoms with Crippen molar-refractivity contribution < 1.29 is 13.2 Å². The van der Waals surface area contributed by atoms with E-state index in [4.69, 9.17) is 0 Å². The van der Waals surface area contributed by atoms with Crippen LogP contribution < -0.4 is 11.1 Å². The van der Waals surface area contributed by atoms with E-state index in [1.54, 1.807) is 0 Å². The second-order valence-electron chi connectivity index (χ2n) is 6.32. The molecule has 3 heterocycles. The van der Waals surface area contributed by atoms with Crippen molar-refractivity contribution in [2.45, 2.75) is 17.1 Å². The average molecular weight is 446 g/mol. The van der Waals surface area contributed by atoms with Crippen LogP contribution in [0.15, 0.2) is 64.2 Å². The molecule has 4 aromatic rings. The van der Waals surface area contributed by atoms with Crippen molar-refractivity contribution in [1.29, 1.82) is 0 Å². The molecule has 0 atom stereocenters. The molecule has 0 aliphatic heterocycles. The number of thioether (sulfide) groups is 1. The Kier molecular flexibility index (Phi) is 5.23. The zero-order valence-corrected chi connectivity index (χ0v) is 16.4. The van der Waals surface area contributed by atoms with E-state index >= 15 is 0 Å². The Morgan fingerprint density at radius 1 is 1.16 bits per heavy atom. The van der Waals surface area contributed by atoms with Gasteiger partial charge in [0.05, 0.1) is 18.0 Å². The Labute approximate surface area is 176 Å². The highest BCUT2D eigenvalue weighted by atomic mass is 32.2. The molecule has 1 N–H and O–H groups in total. The molecule has 12 heteroatoms. The molecule has 0 amide bonds. The molecule has 0 saturated heterocycles. The van der Waals surface area contributed by atoms with Crippen molar-refractivity contribution >= 4 is 23.4 Å². The number of hydrogen-bond donors (Lipinski definition) is 1. The summed E-state index contributed by atoms with van der Waals surface area (Å²) in [4.78, 5) is 31.0. The van der Waals surface area contributed by atoms with Crippen LogP contribution >= 0.6 is 11.8 Å². The van der Waals surface area contributed by atoms with Gasteiger partial charge in [-0.1, -0.05) is 36.5 Å². The van der Waals surface area contributed by atoms with Gasteiger partial charge in [-0.3, -0.25) is 9.59 Å². The first kappa shape index (κ1) is 20.6. The minimum Gasteiger partial charge on any atom is -0.324 e. The summed E-state index contributed by atoms with van der Waals surface area (Å²) in [7, 11) is 0. The normalized spacial score (nSPS) is 11.7. The first-order valence-electron chi connectivity index (χ1n) is 8.75. The largest absolute Gasteiger partial charge is 0.416 e. The van der Waals surface area contributed by atoms with Gasteiger partial charge in [0.1, 0.15) is 0 Å². The first-order chi connectivity index (χ1) is 14.8. The smallest absolute Gasteiger partial charge is 0.324 e. The number of halogens is 3. The van der Waals surface area contributed by atoms with Crippen molar-refractivity contribution in [3.8, 4) is 5.82 Å². The zero-order valence-electron chi connectivity index (χ0n) is 15.6. The molecule has 0 fully saturated rings. The third-order valence-electron chi connectivity index (χ3n) is 4.31. The highest BCUT2D eigenvalue weighted by Gasteiger charge is 2.30. The lowest BCUT2D eigenvalue weighted by Gasteiger charge is -2.11.